The van der Waals surface area contributed by atoms with Crippen molar-refractivity contribution in [3.63, 3.8) is 0 Å². The number of rotatable bonds is 5. The smallest absolute Gasteiger partial charge is 0.174 e. The summed E-state index contributed by atoms with van der Waals surface area (Å²) in [6.45, 7) is 9.53. The Morgan fingerprint density at radius 3 is 2.96 bits per heavy atom. The van der Waals surface area contributed by atoms with Crippen LogP contribution in [0.5, 0.6) is 11.5 Å². The lowest BCUT2D eigenvalue weighted by Gasteiger charge is -2.62. The molecule has 1 N–H and O–H groups in total. The summed E-state index contributed by atoms with van der Waals surface area (Å²) in [5.74, 6) is 1.39. The molecule has 27 heavy (non-hydrogen) atoms. The van der Waals surface area contributed by atoms with Crippen molar-refractivity contribution in [3.8, 4) is 11.5 Å². The van der Waals surface area contributed by atoms with Gasteiger partial charge in [-0.2, -0.15) is 0 Å². The van der Waals surface area contributed by atoms with Gasteiger partial charge in [0.1, 0.15) is 6.61 Å². The van der Waals surface area contributed by atoms with Crippen molar-refractivity contribution in [1.82, 2.24) is 4.90 Å². The molecule has 4 atom stereocenters. The Labute approximate surface area is 159 Å². The molecule has 0 amide bonds. The summed E-state index contributed by atoms with van der Waals surface area (Å²) in [6, 6.07) is 3.98. The van der Waals surface area contributed by atoms with Crippen molar-refractivity contribution in [2.75, 3.05) is 19.7 Å². The fourth-order valence-electron chi connectivity index (χ4n) is 6.05. The average Bonchev–Trinajstić information content (AvgIpc) is 3.01. The van der Waals surface area contributed by atoms with Crippen LogP contribution in [0.2, 0.25) is 0 Å². The van der Waals surface area contributed by atoms with Crippen molar-refractivity contribution in [1.29, 1.82) is 0 Å². The van der Waals surface area contributed by atoms with Gasteiger partial charge in [0.25, 0.3) is 0 Å². The van der Waals surface area contributed by atoms with Crippen LogP contribution < -0.4 is 9.47 Å². The second-order valence-electron chi connectivity index (χ2n) is 8.14. The van der Waals surface area contributed by atoms with E-state index in [1.807, 2.05) is 12.1 Å². The van der Waals surface area contributed by atoms with E-state index < -0.39 is 17.1 Å². The van der Waals surface area contributed by atoms with E-state index in [9.17, 15) is 9.90 Å². The molecule has 4 aliphatic rings. The molecule has 2 bridgehead atoms. The zero-order valence-electron chi connectivity index (χ0n) is 15.4. The highest BCUT2D eigenvalue weighted by atomic mass is 16.5. The molecule has 0 radical (unpaired) electrons. The molecule has 1 saturated heterocycles. The Morgan fingerprint density at radius 1 is 1.33 bits per heavy atom. The van der Waals surface area contributed by atoms with Crippen LogP contribution in [0.4, 0.5) is 0 Å². The van der Waals surface area contributed by atoms with Crippen molar-refractivity contribution in [2.45, 2.75) is 48.8 Å². The Balaban J connectivity index is 1.73. The number of ether oxygens (including phenoxy) is 2. The lowest BCUT2D eigenvalue weighted by atomic mass is 9.49. The van der Waals surface area contributed by atoms with Crippen LogP contribution >= 0.6 is 0 Å². The molecule has 0 aromatic heterocycles. The van der Waals surface area contributed by atoms with Crippen LogP contribution in [0.25, 0.3) is 0 Å². The highest BCUT2D eigenvalue weighted by Crippen LogP contribution is 2.64. The quantitative estimate of drug-likeness (QED) is 0.809. The number of hydrogen-bond acceptors (Lipinski definition) is 5. The fraction of sp³-hybridized carbons (Fsp3) is 0.500. The predicted octanol–water partition coefficient (Wildman–Crippen LogP) is 2.16. The number of carbonyl (C=O) groups is 1. The molecule has 5 nitrogen and oxygen atoms in total. The van der Waals surface area contributed by atoms with Crippen LogP contribution in [-0.4, -0.2) is 53.2 Å². The second kappa shape index (κ2) is 5.69. The highest BCUT2D eigenvalue weighted by molar-refractivity contribution is 5.90. The van der Waals surface area contributed by atoms with Gasteiger partial charge < -0.3 is 14.6 Å². The second-order valence-corrected chi connectivity index (χ2v) is 8.14. The van der Waals surface area contributed by atoms with Crippen LogP contribution in [0.15, 0.2) is 37.4 Å². The van der Waals surface area contributed by atoms with Crippen LogP contribution in [0.3, 0.4) is 0 Å². The van der Waals surface area contributed by atoms with E-state index in [-0.39, 0.29) is 11.8 Å². The van der Waals surface area contributed by atoms with Gasteiger partial charge in [-0.15, -0.1) is 6.58 Å². The minimum Gasteiger partial charge on any atom is -0.486 e. The van der Waals surface area contributed by atoms with Crippen LogP contribution in [0.1, 0.15) is 30.4 Å². The number of likely N-dealkylation sites (tertiary alicyclic amines) is 1. The molecular formula is C22H25NO4. The summed E-state index contributed by atoms with van der Waals surface area (Å²) in [5.41, 5.74) is 0.541. The van der Waals surface area contributed by atoms with Gasteiger partial charge in [-0.25, -0.2) is 0 Å². The molecule has 2 fully saturated rings. The first-order valence-electron chi connectivity index (χ1n) is 9.73. The largest absolute Gasteiger partial charge is 0.486 e. The van der Waals surface area contributed by atoms with Crippen molar-refractivity contribution in [3.05, 3.63) is 48.6 Å². The standard InChI is InChI=1S/C22H25NO4/c1-3-10-23-11-9-21-18-14-5-6-16(26-12-4-2)19(18)27-20(21)15(24)7-8-22(21,25)17(23)13-14/h3-6,17,20,25H,1-2,7-13H2/t17-,20+,21?,22?/m1/s1. The number of carbonyl (C=O) groups excluding carboxylic acids is 1. The van der Waals surface area contributed by atoms with Gasteiger partial charge in [0, 0.05) is 31.1 Å². The monoisotopic (exact) mass is 367 g/mol. The Morgan fingerprint density at radius 2 is 2.19 bits per heavy atom. The zero-order valence-corrected chi connectivity index (χ0v) is 15.4. The SMILES string of the molecule is C=CCOc1ccc2c3c1O[C@H]1C(=O)CCC4(O)[C@@H](C2)N(CC=C)CCC314. The summed E-state index contributed by atoms with van der Waals surface area (Å²) >= 11 is 0. The summed E-state index contributed by atoms with van der Waals surface area (Å²) in [7, 11) is 0. The summed E-state index contributed by atoms with van der Waals surface area (Å²) in [4.78, 5) is 15.2. The van der Waals surface area contributed by atoms with Gasteiger partial charge in [0.2, 0.25) is 0 Å². The number of piperidine rings is 1. The highest BCUT2D eigenvalue weighted by Gasteiger charge is 2.73. The predicted molar refractivity (Wildman–Crippen MR) is 101 cm³/mol. The normalized spacial score (nSPS) is 36.0. The first-order chi connectivity index (χ1) is 13.1. The molecule has 2 aliphatic carbocycles. The molecule has 1 spiro atoms. The van der Waals surface area contributed by atoms with E-state index >= 15 is 0 Å². The first kappa shape index (κ1) is 17.0. The van der Waals surface area contributed by atoms with Crippen LogP contribution in [0, 0.1) is 0 Å². The number of Topliss-reactive ketones (excluding diaryl/α,β-unsaturated/α-hetero) is 1. The molecule has 2 heterocycles. The van der Waals surface area contributed by atoms with Crippen molar-refractivity contribution >= 4 is 5.78 Å². The van der Waals surface area contributed by atoms with Gasteiger partial charge in [0.05, 0.1) is 11.0 Å². The first-order valence-corrected chi connectivity index (χ1v) is 9.73. The lowest BCUT2D eigenvalue weighted by molar-refractivity contribution is -0.187. The lowest BCUT2D eigenvalue weighted by Crippen LogP contribution is -2.76. The third-order valence-corrected chi connectivity index (χ3v) is 7.07. The zero-order chi connectivity index (χ0) is 18.8. The third kappa shape index (κ3) is 1.94. The van der Waals surface area contributed by atoms with E-state index in [4.69, 9.17) is 9.47 Å². The maximum absolute atomic E-state index is 12.9. The summed E-state index contributed by atoms with van der Waals surface area (Å²) in [6.07, 6.45) is 5.26. The van der Waals surface area contributed by atoms with Gasteiger partial charge in [-0.05, 0) is 30.9 Å². The molecule has 1 aromatic rings. The molecule has 2 unspecified atom stereocenters. The Bertz CT molecular complexity index is 849. The Kier molecular flexibility index (Phi) is 3.59. The number of nitrogens with zero attached hydrogens (tertiary/aromatic N) is 1. The topological polar surface area (TPSA) is 59.0 Å². The minimum atomic E-state index is -0.970. The van der Waals surface area contributed by atoms with Crippen molar-refractivity contribution in [2.24, 2.45) is 0 Å². The molecule has 5 rings (SSSR count). The molecule has 5 heteroatoms. The number of aliphatic hydroxyl groups is 1. The summed E-state index contributed by atoms with van der Waals surface area (Å²) < 4.78 is 12.1. The maximum Gasteiger partial charge on any atom is 0.174 e. The molecule has 142 valence electrons. The Hall–Kier alpha value is -2.11. The van der Waals surface area contributed by atoms with E-state index in [1.54, 1.807) is 6.08 Å². The van der Waals surface area contributed by atoms with Gasteiger partial charge in [0.15, 0.2) is 23.4 Å². The average molecular weight is 367 g/mol. The van der Waals surface area contributed by atoms with E-state index in [1.165, 1.54) is 0 Å². The van der Waals surface area contributed by atoms with Crippen molar-refractivity contribution < 1.29 is 19.4 Å². The molecule has 2 aliphatic heterocycles. The molecule has 1 saturated carbocycles. The van der Waals surface area contributed by atoms with E-state index in [0.29, 0.717) is 37.4 Å². The van der Waals surface area contributed by atoms with Gasteiger partial charge in [-0.3, -0.25) is 9.69 Å². The molecule has 1 aromatic carbocycles. The maximum atomic E-state index is 12.9. The fourth-order valence-corrected chi connectivity index (χ4v) is 6.05. The minimum absolute atomic E-state index is 0.0261. The van der Waals surface area contributed by atoms with Gasteiger partial charge in [-0.1, -0.05) is 24.8 Å². The summed E-state index contributed by atoms with van der Waals surface area (Å²) in [5, 5.41) is 12.0. The van der Waals surface area contributed by atoms with Crippen LogP contribution in [-0.2, 0) is 16.6 Å². The van der Waals surface area contributed by atoms with E-state index in [2.05, 4.69) is 24.1 Å². The third-order valence-electron chi connectivity index (χ3n) is 7.07. The molecular weight excluding hydrogens is 342 g/mol. The van der Waals surface area contributed by atoms with Gasteiger partial charge >= 0.3 is 0 Å². The van der Waals surface area contributed by atoms with E-state index in [0.717, 1.165) is 30.6 Å². The number of hydrogen-bond donors (Lipinski definition) is 1. The number of benzene rings is 1. The number of ketones is 1.